The summed E-state index contributed by atoms with van der Waals surface area (Å²) in [6, 6.07) is 3.46. The molecule has 0 N–H and O–H groups in total. The van der Waals surface area contributed by atoms with E-state index < -0.39 is 14.9 Å². The van der Waals surface area contributed by atoms with Gasteiger partial charge in [0.25, 0.3) is 9.05 Å². The van der Waals surface area contributed by atoms with Crippen molar-refractivity contribution in [3.05, 3.63) is 24.0 Å². The maximum Gasteiger partial charge on any atom is 0.261 e. The Morgan fingerprint density at radius 3 is 2.44 bits per heavy atom. The lowest BCUT2D eigenvalue weighted by Gasteiger charge is -2.23. The number of benzene rings is 1. The lowest BCUT2D eigenvalue weighted by molar-refractivity contribution is 0.148. The number of hydrogen-bond donors (Lipinski definition) is 0. The summed E-state index contributed by atoms with van der Waals surface area (Å²) in [6.07, 6.45) is 5.20. The summed E-state index contributed by atoms with van der Waals surface area (Å²) in [6.45, 7) is 0. The number of ether oxygens (including phenoxy) is 1. The van der Waals surface area contributed by atoms with Gasteiger partial charge in [-0.15, -0.1) is 0 Å². The minimum atomic E-state index is -3.90. The van der Waals surface area contributed by atoms with Crippen LogP contribution in [0.15, 0.2) is 23.1 Å². The molecule has 0 atom stereocenters. The van der Waals surface area contributed by atoms with Gasteiger partial charge in [0.1, 0.15) is 0 Å². The SMILES string of the molecule is O=S(=O)(Cl)c1ccc(OC2CCCCC2)c(F)c1. The fourth-order valence-electron chi connectivity index (χ4n) is 2.09. The summed E-state index contributed by atoms with van der Waals surface area (Å²) in [4.78, 5) is -0.252. The maximum atomic E-state index is 13.7. The molecule has 0 amide bonds. The molecule has 0 aromatic heterocycles. The van der Waals surface area contributed by atoms with Gasteiger partial charge in [-0.05, 0) is 43.9 Å². The molecule has 18 heavy (non-hydrogen) atoms. The Balaban J connectivity index is 2.14. The zero-order valence-corrected chi connectivity index (χ0v) is 11.3. The van der Waals surface area contributed by atoms with Crippen molar-refractivity contribution >= 4 is 19.7 Å². The summed E-state index contributed by atoms with van der Waals surface area (Å²) in [5.41, 5.74) is 0. The number of hydrogen-bond acceptors (Lipinski definition) is 3. The minimum absolute atomic E-state index is 0.0201. The van der Waals surface area contributed by atoms with E-state index in [1.165, 1.54) is 18.6 Å². The Morgan fingerprint density at radius 1 is 1.22 bits per heavy atom. The van der Waals surface area contributed by atoms with Gasteiger partial charge in [-0.3, -0.25) is 0 Å². The topological polar surface area (TPSA) is 43.4 Å². The van der Waals surface area contributed by atoms with Crippen molar-refractivity contribution in [2.24, 2.45) is 0 Å². The average Bonchev–Trinajstić information content (AvgIpc) is 2.32. The van der Waals surface area contributed by atoms with Crippen molar-refractivity contribution in [2.75, 3.05) is 0 Å². The van der Waals surface area contributed by atoms with Crippen LogP contribution in [0.25, 0.3) is 0 Å². The normalized spacial score (nSPS) is 17.7. The smallest absolute Gasteiger partial charge is 0.261 e. The van der Waals surface area contributed by atoms with Crippen LogP contribution in [0.4, 0.5) is 4.39 Å². The van der Waals surface area contributed by atoms with E-state index >= 15 is 0 Å². The van der Waals surface area contributed by atoms with E-state index in [-0.39, 0.29) is 16.7 Å². The predicted molar refractivity (Wildman–Crippen MR) is 66.9 cm³/mol. The van der Waals surface area contributed by atoms with E-state index in [0.717, 1.165) is 31.7 Å². The second-order valence-corrected chi connectivity index (χ2v) is 6.97. The minimum Gasteiger partial charge on any atom is -0.487 e. The summed E-state index contributed by atoms with van der Waals surface area (Å²) in [5.74, 6) is -0.603. The number of halogens is 2. The van der Waals surface area contributed by atoms with Crippen LogP contribution in [0.1, 0.15) is 32.1 Å². The van der Waals surface area contributed by atoms with E-state index in [4.69, 9.17) is 15.4 Å². The van der Waals surface area contributed by atoms with Crippen LogP contribution in [-0.2, 0) is 9.05 Å². The van der Waals surface area contributed by atoms with Gasteiger partial charge in [0.05, 0.1) is 11.0 Å². The van der Waals surface area contributed by atoms with Crippen molar-refractivity contribution in [3.8, 4) is 5.75 Å². The van der Waals surface area contributed by atoms with Crippen LogP contribution in [0.5, 0.6) is 5.75 Å². The summed E-state index contributed by atoms with van der Waals surface area (Å²) >= 11 is 0. The van der Waals surface area contributed by atoms with Gasteiger partial charge in [-0.1, -0.05) is 6.42 Å². The van der Waals surface area contributed by atoms with Gasteiger partial charge in [-0.2, -0.15) is 0 Å². The van der Waals surface area contributed by atoms with Crippen LogP contribution in [0.2, 0.25) is 0 Å². The summed E-state index contributed by atoms with van der Waals surface area (Å²) in [7, 11) is 1.24. The van der Waals surface area contributed by atoms with E-state index in [2.05, 4.69) is 0 Å². The summed E-state index contributed by atoms with van der Waals surface area (Å²) in [5, 5.41) is 0. The highest BCUT2D eigenvalue weighted by Gasteiger charge is 2.18. The van der Waals surface area contributed by atoms with Crippen LogP contribution < -0.4 is 4.74 Å². The first-order valence-electron chi connectivity index (χ1n) is 5.88. The van der Waals surface area contributed by atoms with Crippen molar-refractivity contribution in [1.82, 2.24) is 0 Å². The van der Waals surface area contributed by atoms with Crippen LogP contribution in [0, 0.1) is 5.82 Å². The van der Waals surface area contributed by atoms with Crippen LogP contribution >= 0.6 is 10.7 Å². The molecule has 1 aromatic rings. The molecule has 0 heterocycles. The summed E-state index contributed by atoms with van der Waals surface area (Å²) < 4.78 is 41.3. The molecule has 1 aliphatic rings. The first kappa shape index (κ1) is 13.6. The lowest BCUT2D eigenvalue weighted by atomic mass is 9.98. The highest BCUT2D eigenvalue weighted by Crippen LogP contribution is 2.27. The molecule has 6 heteroatoms. The fraction of sp³-hybridized carbons (Fsp3) is 0.500. The Morgan fingerprint density at radius 2 is 1.89 bits per heavy atom. The van der Waals surface area contributed by atoms with E-state index in [0.29, 0.717) is 0 Å². The zero-order chi connectivity index (χ0) is 13.2. The predicted octanol–water partition coefficient (Wildman–Crippen LogP) is 3.46. The molecule has 1 aliphatic carbocycles. The second kappa shape index (κ2) is 5.45. The molecule has 100 valence electrons. The van der Waals surface area contributed by atoms with Gasteiger partial charge in [0, 0.05) is 10.7 Å². The molecular formula is C12H14ClFO3S. The van der Waals surface area contributed by atoms with Crippen molar-refractivity contribution in [3.63, 3.8) is 0 Å². The molecule has 0 radical (unpaired) electrons. The quantitative estimate of drug-likeness (QED) is 0.801. The van der Waals surface area contributed by atoms with Crippen molar-refractivity contribution < 1.29 is 17.5 Å². The van der Waals surface area contributed by atoms with Crippen LogP contribution in [0.3, 0.4) is 0 Å². The molecule has 1 fully saturated rings. The van der Waals surface area contributed by atoms with Gasteiger partial charge < -0.3 is 4.74 Å². The molecule has 0 unspecified atom stereocenters. The van der Waals surface area contributed by atoms with Gasteiger partial charge in [0.15, 0.2) is 11.6 Å². The average molecular weight is 293 g/mol. The standard InChI is InChI=1S/C12H14ClFO3S/c13-18(15,16)10-6-7-12(11(14)8-10)17-9-4-2-1-3-5-9/h6-9H,1-5H2. The van der Waals surface area contributed by atoms with Crippen molar-refractivity contribution in [2.45, 2.75) is 43.1 Å². The lowest BCUT2D eigenvalue weighted by Crippen LogP contribution is -2.20. The fourth-order valence-corrected chi connectivity index (χ4v) is 2.85. The maximum absolute atomic E-state index is 13.7. The molecule has 0 spiro atoms. The Bertz CT molecular complexity index is 524. The molecule has 2 rings (SSSR count). The third-order valence-corrected chi connectivity index (χ3v) is 4.38. The third kappa shape index (κ3) is 3.36. The monoisotopic (exact) mass is 292 g/mol. The Kier molecular flexibility index (Phi) is 4.12. The Hall–Kier alpha value is -0.810. The van der Waals surface area contributed by atoms with Gasteiger partial charge >= 0.3 is 0 Å². The van der Waals surface area contributed by atoms with Gasteiger partial charge in [0.2, 0.25) is 0 Å². The first-order chi connectivity index (χ1) is 8.47. The molecule has 0 bridgehead atoms. The van der Waals surface area contributed by atoms with Crippen LogP contribution in [-0.4, -0.2) is 14.5 Å². The molecule has 1 saturated carbocycles. The van der Waals surface area contributed by atoms with Gasteiger partial charge in [-0.25, -0.2) is 12.8 Å². The van der Waals surface area contributed by atoms with Crippen molar-refractivity contribution in [1.29, 1.82) is 0 Å². The third-order valence-electron chi connectivity index (χ3n) is 3.03. The highest BCUT2D eigenvalue weighted by atomic mass is 35.7. The molecule has 1 aromatic carbocycles. The Labute approximate surface area is 110 Å². The zero-order valence-electron chi connectivity index (χ0n) is 9.73. The molecular weight excluding hydrogens is 279 g/mol. The highest BCUT2D eigenvalue weighted by molar-refractivity contribution is 8.13. The van der Waals surface area contributed by atoms with E-state index in [1.54, 1.807) is 0 Å². The molecule has 3 nitrogen and oxygen atoms in total. The first-order valence-corrected chi connectivity index (χ1v) is 8.18. The van der Waals surface area contributed by atoms with E-state index in [1.807, 2.05) is 0 Å². The number of rotatable bonds is 3. The molecule has 0 saturated heterocycles. The second-order valence-electron chi connectivity index (χ2n) is 4.41. The largest absolute Gasteiger partial charge is 0.487 e. The molecule has 0 aliphatic heterocycles. The van der Waals surface area contributed by atoms with E-state index in [9.17, 15) is 12.8 Å².